The van der Waals surface area contributed by atoms with Gasteiger partial charge in [0.15, 0.2) is 0 Å². The average Bonchev–Trinajstić information content (AvgIpc) is 2.44. The Morgan fingerprint density at radius 1 is 1.26 bits per heavy atom. The normalized spacial score (nSPS) is 10.5. The molecule has 1 amide bonds. The van der Waals surface area contributed by atoms with Gasteiger partial charge in [-0.3, -0.25) is 4.79 Å². The molecule has 0 bridgehead atoms. The van der Waals surface area contributed by atoms with Gasteiger partial charge in [0.25, 0.3) is 0 Å². The molecule has 4 nitrogen and oxygen atoms in total. The second-order valence-corrected chi connectivity index (χ2v) is 4.52. The SMILES string of the molecule is CCC(CC)NC(=O)CNc1ccccc1COC. The van der Waals surface area contributed by atoms with E-state index in [0.717, 1.165) is 24.1 Å². The first-order chi connectivity index (χ1) is 9.21. The topological polar surface area (TPSA) is 50.4 Å². The van der Waals surface area contributed by atoms with E-state index in [-0.39, 0.29) is 18.5 Å². The summed E-state index contributed by atoms with van der Waals surface area (Å²) in [5.74, 6) is 0.0286. The molecule has 0 aliphatic rings. The van der Waals surface area contributed by atoms with E-state index in [9.17, 15) is 4.79 Å². The molecular formula is C15H24N2O2. The van der Waals surface area contributed by atoms with Gasteiger partial charge in [-0.15, -0.1) is 0 Å². The largest absolute Gasteiger partial charge is 0.380 e. The molecule has 0 fully saturated rings. The lowest BCUT2D eigenvalue weighted by Gasteiger charge is -2.16. The minimum absolute atomic E-state index is 0.0286. The lowest BCUT2D eigenvalue weighted by atomic mass is 10.1. The van der Waals surface area contributed by atoms with Crippen molar-refractivity contribution < 1.29 is 9.53 Å². The van der Waals surface area contributed by atoms with Gasteiger partial charge in [0, 0.05) is 24.4 Å². The predicted molar refractivity (Wildman–Crippen MR) is 78.2 cm³/mol. The quantitative estimate of drug-likeness (QED) is 0.758. The minimum Gasteiger partial charge on any atom is -0.380 e. The van der Waals surface area contributed by atoms with Crippen LogP contribution in [0.2, 0.25) is 0 Å². The van der Waals surface area contributed by atoms with Gasteiger partial charge in [-0.2, -0.15) is 0 Å². The van der Waals surface area contributed by atoms with E-state index in [4.69, 9.17) is 4.74 Å². The van der Waals surface area contributed by atoms with Gasteiger partial charge in [-0.25, -0.2) is 0 Å². The molecule has 0 radical (unpaired) electrons. The molecule has 0 unspecified atom stereocenters. The van der Waals surface area contributed by atoms with Crippen molar-refractivity contribution in [1.29, 1.82) is 0 Å². The van der Waals surface area contributed by atoms with Crippen molar-refractivity contribution in [3.63, 3.8) is 0 Å². The monoisotopic (exact) mass is 264 g/mol. The molecule has 0 atom stereocenters. The van der Waals surface area contributed by atoms with Crippen molar-refractivity contribution in [2.45, 2.75) is 39.3 Å². The van der Waals surface area contributed by atoms with Crippen LogP contribution in [0.25, 0.3) is 0 Å². The fraction of sp³-hybridized carbons (Fsp3) is 0.533. The molecule has 0 aliphatic carbocycles. The molecule has 1 aromatic carbocycles. The van der Waals surface area contributed by atoms with Gasteiger partial charge < -0.3 is 15.4 Å². The van der Waals surface area contributed by atoms with Crippen molar-refractivity contribution >= 4 is 11.6 Å². The first kappa shape index (κ1) is 15.5. The van der Waals surface area contributed by atoms with Crippen LogP contribution in [0.15, 0.2) is 24.3 Å². The second-order valence-electron chi connectivity index (χ2n) is 4.52. The van der Waals surface area contributed by atoms with Crippen LogP contribution in [0.1, 0.15) is 32.3 Å². The molecule has 0 aromatic heterocycles. The van der Waals surface area contributed by atoms with Crippen molar-refractivity contribution in [3.05, 3.63) is 29.8 Å². The number of methoxy groups -OCH3 is 1. The third-order valence-electron chi connectivity index (χ3n) is 3.11. The number of nitrogens with one attached hydrogen (secondary N) is 2. The van der Waals surface area contributed by atoms with E-state index < -0.39 is 0 Å². The highest BCUT2D eigenvalue weighted by molar-refractivity contribution is 5.81. The lowest BCUT2D eigenvalue weighted by Crippen LogP contribution is -2.37. The Labute approximate surface area is 115 Å². The Morgan fingerprint density at radius 2 is 1.95 bits per heavy atom. The number of benzene rings is 1. The molecule has 0 saturated heterocycles. The smallest absolute Gasteiger partial charge is 0.239 e. The van der Waals surface area contributed by atoms with Crippen molar-refractivity contribution in [3.8, 4) is 0 Å². The van der Waals surface area contributed by atoms with Crippen LogP contribution >= 0.6 is 0 Å². The summed E-state index contributed by atoms with van der Waals surface area (Å²) in [5, 5.41) is 6.16. The van der Waals surface area contributed by atoms with Crippen LogP contribution < -0.4 is 10.6 Å². The molecule has 1 rings (SSSR count). The van der Waals surface area contributed by atoms with E-state index in [1.54, 1.807) is 7.11 Å². The van der Waals surface area contributed by atoms with Gasteiger partial charge in [0.05, 0.1) is 13.2 Å². The maximum Gasteiger partial charge on any atom is 0.239 e. The van der Waals surface area contributed by atoms with Crippen LogP contribution in [0.5, 0.6) is 0 Å². The Hall–Kier alpha value is -1.55. The molecule has 19 heavy (non-hydrogen) atoms. The Bertz CT molecular complexity index is 389. The molecule has 0 heterocycles. The maximum atomic E-state index is 11.8. The van der Waals surface area contributed by atoms with Crippen LogP contribution in [-0.2, 0) is 16.1 Å². The van der Waals surface area contributed by atoms with Gasteiger partial charge in [0.1, 0.15) is 0 Å². The zero-order valence-electron chi connectivity index (χ0n) is 12.0. The van der Waals surface area contributed by atoms with E-state index in [1.165, 1.54) is 0 Å². The van der Waals surface area contributed by atoms with Gasteiger partial charge in [-0.05, 0) is 18.9 Å². The Balaban J connectivity index is 2.50. The third kappa shape index (κ3) is 5.30. The van der Waals surface area contributed by atoms with Crippen molar-refractivity contribution in [2.75, 3.05) is 19.0 Å². The first-order valence-corrected chi connectivity index (χ1v) is 6.81. The molecule has 1 aromatic rings. The number of anilines is 1. The number of carbonyl (C=O) groups is 1. The lowest BCUT2D eigenvalue weighted by molar-refractivity contribution is -0.120. The van der Waals surface area contributed by atoms with Crippen LogP contribution in [0, 0.1) is 0 Å². The molecular weight excluding hydrogens is 240 g/mol. The maximum absolute atomic E-state index is 11.8. The van der Waals surface area contributed by atoms with E-state index in [2.05, 4.69) is 24.5 Å². The number of carbonyl (C=O) groups excluding carboxylic acids is 1. The van der Waals surface area contributed by atoms with E-state index >= 15 is 0 Å². The highest BCUT2D eigenvalue weighted by atomic mass is 16.5. The van der Waals surface area contributed by atoms with Gasteiger partial charge >= 0.3 is 0 Å². The summed E-state index contributed by atoms with van der Waals surface area (Å²) in [6, 6.07) is 8.12. The minimum atomic E-state index is 0.0286. The average molecular weight is 264 g/mol. The van der Waals surface area contributed by atoms with Crippen LogP contribution in [0.3, 0.4) is 0 Å². The first-order valence-electron chi connectivity index (χ1n) is 6.81. The van der Waals surface area contributed by atoms with Gasteiger partial charge in [-0.1, -0.05) is 32.0 Å². The standard InChI is InChI=1S/C15H24N2O2/c1-4-13(5-2)17-15(18)10-16-14-9-7-6-8-12(14)11-19-3/h6-9,13,16H,4-5,10-11H2,1-3H3,(H,17,18). The molecule has 0 aliphatic heterocycles. The summed E-state index contributed by atoms with van der Waals surface area (Å²) < 4.78 is 5.13. The Morgan fingerprint density at radius 3 is 2.58 bits per heavy atom. The number of hydrogen-bond donors (Lipinski definition) is 2. The van der Waals surface area contributed by atoms with Crippen LogP contribution in [0.4, 0.5) is 5.69 Å². The number of para-hydroxylation sites is 1. The molecule has 4 heteroatoms. The molecule has 106 valence electrons. The van der Waals surface area contributed by atoms with Gasteiger partial charge in [0.2, 0.25) is 5.91 Å². The fourth-order valence-electron chi connectivity index (χ4n) is 1.92. The summed E-state index contributed by atoms with van der Waals surface area (Å²) in [7, 11) is 1.66. The zero-order valence-corrected chi connectivity index (χ0v) is 12.0. The second kappa shape index (κ2) is 8.53. The summed E-state index contributed by atoms with van der Waals surface area (Å²) in [5.41, 5.74) is 2.00. The number of ether oxygens (including phenoxy) is 1. The summed E-state index contributed by atoms with van der Waals surface area (Å²) in [4.78, 5) is 11.8. The van der Waals surface area contributed by atoms with E-state index in [0.29, 0.717) is 6.61 Å². The predicted octanol–water partition coefficient (Wildman–Crippen LogP) is 2.55. The summed E-state index contributed by atoms with van der Waals surface area (Å²) >= 11 is 0. The highest BCUT2D eigenvalue weighted by Crippen LogP contribution is 2.15. The van der Waals surface area contributed by atoms with Crippen molar-refractivity contribution in [1.82, 2.24) is 5.32 Å². The molecule has 2 N–H and O–H groups in total. The van der Waals surface area contributed by atoms with Crippen LogP contribution in [-0.4, -0.2) is 25.6 Å². The number of hydrogen-bond acceptors (Lipinski definition) is 3. The zero-order chi connectivity index (χ0) is 14.1. The Kier molecular flexibility index (Phi) is 6.97. The summed E-state index contributed by atoms with van der Waals surface area (Å²) in [6.45, 7) is 4.99. The number of rotatable bonds is 8. The van der Waals surface area contributed by atoms with Crippen molar-refractivity contribution in [2.24, 2.45) is 0 Å². The third-order valence-corrected chi connectivity index (χ3v) is 3.11. The number of amides is 1. The highest BCUT2D eigenvalue weighted by Gasteiger charge is 2.08. The van der Waals surface area contributed by atoms with E-state index in [1.807, 2.05) is 24.3 Å². The fourth-order valence-corrected chi connectivity index (χ4v) is 1.92. The summed E-state index contributed by atoms with van der Waals surface area (Å²) in [6.07, 6.45) is 1.92. The molecule has 0 saturated carbocycles. The molecule has 0 spiro atoms.